The van der Waals surface area contributed by atoms with Crippen LogP contribution in [0.2, 0.25) is 0 Å². The summed E-state index contributed by atoms with van der Waals surface area (Å²) in [5, 5.41) is 6.61. The first-order valence-electron chi connectivity index (χ1n) is 8.78. The van der Waals surface area contributed by atoms with Crippen LogP contribution in [-0.2, 0) is 11.3 Å². The van der Waals surface area contributed by atoms with E-state index >= 15 is 0 Å². The van der Waals surface area contributed by atoms with Gasteiger partial charge in [0, 0.05) is 45.3 Å². The van der Waals surface area contributed by atoms with Gasteiger partial charge in [0.25, 0.3) is 0 Å². The first kappa shape index (κ1) is 22.0. The van der Waals surface area contributed by atoms with Gasteiger partial charge in [0.2, 0.25) is 0 Å². The molecule has 1 aromatic rings. The van der Waals surface area contributed by atoms with Crippen molar-refractivity contribution in [2.75, 3.05) is 53.0 Å². The monoisotopic (exact) mass is 462 g/mol. The van der Waals surface area contributed by atoms with Crippen LogP contribution in [0.1, 0.15) is 18.9 Å². The molecule has 6 nitrogen and oxygen atoms in total. The van der Waals surface area contributed by atoms with Gasteiger partial charge in [-0.25, -0.2) is 0 Å². The molecule has 0 radical (unpaired) electrons. The Morgan fingerprint density at radius 1 is 1.24 bits per heavy atom. The number of nitrogens with one attached hydrogen (secondary N) is 2. The average molecular weight is 462 g/mol. The maximum atomic E-state index is 6.00. The van der Waals surface area contributed by atoms with Crippen molar-refractivity contribution in [3.05, 3.63) is 29.8 Å². The van der Waals surface area contributed by atoms with E-state index in [9.17, 15) is 0 Å². The third kappa shape index (κ3) is 8.24. The van der Waals surface area contributed by atoms with E-state index < -0.39 is 0 Å². The number of aliphatic imine (C=N–C) groups is 1. The van der Waals surface area contributed by atoms with Gasteiger partial charge in [0.15, 0.2) is 5.96 Å². The van der Waals surface area contributed by atoms with Gasteiger partial charge in [-0.05, 0) is 12.5 Å². The molecule has 2 rings (SSSR count). The zero-order valence-electron chi connectivity index (χ0n) is 15.3. The van der Waals surface area contributed by atoms with E-state index in [0.717, 1.165) is 63.1 Å². The third-order valence-electron chi connectivity index (χ3n) is 3.95. The molecule has 0 aromatic heterocycles. The number of benzene rings is 1. The number of guanidine groups is 1. The number of morpholine rings is 1. The maximum absolute atomic E-state index is 6.00. The summed E-state index contributed by atoms with van der Waals surface area (Å²) < 4.78 is 11.4. The van der Waals surface area contributed by atoms with Gasteiger partial charge in [-0.1, -0.05) is 25.1 Å². The Morgan fingerprint density at radius 3 is 2.72 bits per heavy atom. The maximum Gasteiger partial charge on any atom is 0.191 e. The lowest BCUT2D eigenvalue weighted by Crippen LogP contribution is -2.38. The quantitative estimate of drug-likeness (QED) is 0.352. The minimum Gasteiger partial charge on any atom is -0.492 e. The molecule has 1 aromatic carbocycles. The Bertz CT molecular complexity index is 508. The van der Waals surface area contributed by atoms with E-state index in [2.05, 4.69) is 33.5 Å². The molecule has 1 aliphatic rings. The first-order valence-corrected chi connectivity index (χ1v) is 8.78. The van der Waals surface area contributed by atoms with Gasteiger partial charge in [-0.3, -0.25) is 9.89 Å². The largest absolute Gasteiger partial charge is 0.492 e. The molecule has 0 aliphatic carbocycles. The van der Waals surface area contributed by atoms with Crippen molar-refractivity contribution in [3.63, 3.8) is 0 Å². The fourth-order valence-electron chi connectivity index (χ4n) is 2.54. The molecule has 1 saturated heterocycles. The number of ether oxygens (including phenoxy) is 2. The average Bonchev–Trinajstić information content (AvgIpc) is 2.64. The van der Waals surface area contributed by atoms with Crippen molar-refractivity contribution in [1.29, 1.82) is 0 Å². The van der Waals surface area contributed by atoms with Crippen molar-refractivity contribution in [1.82, 2.24) is 15.5 Å². The second-order valence-corrected chi connectivity index (χ2v) is 5.76. The minimum atomic E-state index is 0. The summed E-state index contributed by atoms with van der Waals surface area (Å²) in [4.78, 5) is 6.60. The van der Waals surface area contributed by atoms with Crippen molar-refractivity contribution in [2.45, 2.75) is 19.9 Å². The highest BCUT2D eigenvalue weighted by molar-refractivity contribution is 14.0. The Hall–Kier alpha value is -1.06. The Balaban J connectivity index is 0.00000312. The van der Waals surface area contributed by atoms with Crippen LogP contribution in [-0.4, -0.2) is 63.9 Å². The number of hydrogen-bond acceptors (Lipinski definition) is 4. The summed E-state index contributed by atoms with van der Waals surface area (Å²) in [6, 6.07) is 8.16. The number of halogens is 1. The van der Waals surface area contributed by atoms with Crippen LogP contribution in [0.15, 0.2) is 29.3 Å². The van der Waals surface area contributed by atoms with Gasteiger partial charge in [0.05, 0.1) is 13.2 Å². The predicted molar refractivity (Wildman–Crippen MR) is 113 cm³/mol. The fraction of sp³-hybridized carbons (Fsp3) is 0.611. The number of hydrogen-bond donors (Lipinski definition) is 2. The van der Waals surface area contributed by atoms with Crippen LogP contribution in [0.4, 0.5) is 0 Å². The summed E-state index contributed by atoms with van der Waals surface area (Å²) >= 11 is 0. The van der Waals surface area contributed by atoms with E-state index in [1.165, 1.54) is 0 Å². The number of nitrogens with zero attached hydrogens (tertiary/aromatic N) is 2. The standard InChI is InChI=1S/C18H30N4O2.HI/c1-3-8-20-18(19-2)21-15-16-6-4-5-7-17(16)24-14-11-22-9-12-23-13-10-22;/h4-7H,3,8-15H2,1-2H3,(H2,19,20,21);1H. The van der Waals surface area contributed by atoms with Gasteiger partial charge in [0.1, 0.15) is 12.4 Å². The molecule has 0 bridgehead atoms. The molecule has 0 saturated carbocycles. The smallest absolute Gasteiger partial charge is 0.191 e. The molecule has 0 spiro atoms. The van der Waals surface area contributed by atoms with Crippen molar-refractivity contribution >= 4 is 29.9 Å². The van der Waals surface area contributed by atoms with E-state index in [1.807, 2.05) is 18.2 Å². The molecule has 1 aliphatic heterocycles. The van der Waals surface area contributed by atoms with Crippen LogP contribution in [0.5, 0.6) is 5.75 Å². The SMILES string of the molecule is CCCNC(=NC)NCc1ccccc1OCCN1CCOCC1.I. The summed E-state index contributed by atoms with van der Waals surface area (Å²) in [6.07, 6.45) is 1.07. The van der Waals surface area contributed by atoms with Crippen LogP contribution in [0.3, 0.4) is 0 Å². The second kappa shape index (κ2) is 13.2. The van der Waals surface area contributed by atoms with E-state index in [0.29, 0.717) is 13.2 Å². The van der Waals surface area contributed by atoms with Gasteiger partial charge < -0.3 is 20.1 Å². The van der Waals surface area contributed by atoms with Crippen LogP contribution in [0.25, 0.3) is 0 Å². The van der Waals surface area contributed by atoms with Crippen LogP contribution in [0, 0.1) is 0 Å². The predicted octanol–water partition coefficient (Wildman–Crippen LogP) is 2.09. The Morgan fingerprint density at radius 2 is 2.00 bits per heavy atom. The topological polar surface area (TPSA) is 58.1 Å². The third-order valence-corrected chi connectivity index (χ3v) is 3.95. The van der Waals surface area contributed by atoms with Crippen LogP contribution >= 0.6 is 24.0 Å². The first-order chi connectivity index (χ1) is 11.8. The highest BCUT2D eigenvalue weighted by atomic mass is 127. The highest BCUT2D eigenvalue weighted by Crippen LogP contribution is 2.17. The highest BCUT2D eigenvalue weighted by Gasteiger charge is 2.10. The Kier molecular flexibility index (Phi) is 11.6. The molecule has 0 unspecified atom stereocenters. The normalized spacial score (nSPS) is 15.4. The summed E-state index contributed by atoms with van der Waals surface area (Å²) in [6.45, 7) is 9.00. The summed E-state index contributed by atoms with van der Waals surface area (Å²) in [7, 11) is 1.79. The van der Waals surface area contributed by atoms with E-state index in [4.69, 9.17) is 9.47 Å². The number of para-hydroxylation sites is 1. The molecule has 142 valence electrons. The van der Waals surface area contributed by atoms with E-state index in [1.54, 1.807) is 7.05 Å². The van der Waals surface area contributed by atoms with Crippen molar-refractivity contribution in [3.8, 4) is 5.75 Å². The lowest BCUT2D eigenvalue weighted by Gasteiger charge is -2.26. The van der Waals surface area contributed by atoms with Gasteiger partial charge >= 0.3 is 0 Å². The zero-order chi connectivity index (χ0) is 17.0. The van der Waals surface area contributed by atoms with Crippen molar-refractivity contribution in [2.24, 2.45) is 4.99 Å². The zero-order valence-corrected chi connectivity index (χ0v) is 17.6. The molecule has 7 heteroatoms. The lowest BCUT2D eigenvalue weighted by molar-refractivity contribution is 0.0322. The number of rotatable bonds is 8. The molecule has 1 fully saturated rings. The molecule has 2 N–H and O–H groups in total. The lowest BCUT2D eigenvalue weighted by atomic mass is 10.2. The molecule has 0 atom stereocenters. The summed E-state index contributed by atoms with van der Waals surface area (Å²) in [5.74, 6) is 1.75. The molecular formula is C18H31IN4O2. The molecule has 1 heterocycles. The summed E-state index contributed by atoms with van der Waals surface area (Å²) in [5.41, 5.74) is 1.14. The molecule has 25 heavy (non-hydrogen) atoms. The van der Waals surface area contributed by atoms with Gasteiger partial charge in [-0.15, -0.1) is 24.0 Å². The van der Waals surface area contributed by atoms with Gasteiger partial charge in [-0.2, -0.15) is 0 Å². The van der Waals surface area contributed by atoms with E-state index in [-0.39, 0.29) is 24.0 Å². The Labute approximate surface area is 168 Å². The minimum absolute atomic E-state index is 0. The second-order valence-electron chi connectivity index (χ2n) is 5.76. The van der Waals surface area contributed by atoms with Crippen molar-refractivity contribution < 1.29 is 9.47 Å². The molecular weight excluding hydrogens is 431 g/mol. The fourth-order valence-corrected chi connectivity index (χ4v) is 2.54. The molecule has 0 amide bonds. The van der Waals surface area contributed by atoms with Crippen LogP contribution < -0.4 is 15.4 Å².